The van der Waals surface area contributed by atoms with Crippen molar-refractivity contribution in [1.29, 1.82) is 0 Å². The van der Waals surface area contributed by atoms with Gasteiger partial charge in [0.2, 0.25) is 0 Å². The fraction of sp³-hybridized carbons (Fsp3) is 0.529. The molecule has 0 aromatic heterocycles. The second-order valence-electron chi connectivity index (χ2n) is 5.20. The summed E-state index contributed by atoms with van der Waals surface area (Å²) in [6, 6.07) is 8.96. The van der Waals surface area contributed by atoms with E-state index in [1.165, 1.54) is 43.2 Å². The van der Waals surface area contributed by atoms with Gasteiger partial charge in [0.15, 0.2) is 0 Å². The fourth-order valence-corrected chi connectivity index (χ4v) is 2.51. The maximum absolute atomic E-state index is 3.55. The second kappa shape index (κ2) is 7.38. The van der Waals surface area contributed by atoms with Crippen molar-refractivity contribution in [2.75, 3.05) is 6.54 Å². The molecule has 0 aliphatic heterocycles. The standard InChI is InChI=1S/C17H25N/c1-2-15-8-10-17(11-9-15)14-18-13-12-16-6-4-3-5-7-16/h6,8-11,18H,2-5,7,12-14H2,1H3. The molecule has 0 bridgehead atoms. The third kappa shape index (κ3) is 4.30. The molecule has 0 unspecified atom stereocenters. The van der Waals surface area contributed by atoms with Crippen molar-refractivity contribution < 1.29 is 0 Å². The van der Waals surface area contributed by atoms with Crippen LogP contribution in [-0.4, -0.2) is 6.54 Å². The molecular weight excluding hydrogens is 218 g/mol. The number of allylic oxidation sites excluding steroid dienone is 1. The van der Waals surface area contributed by atoms with E-state index >= 15 is 0 Å². The van der Waals surface area contributed by atoms with Crippen molar-refractivity contribution in [3.05, 3.63) is 47.0 Å². The van der Waals surface area contributed by atoms with Crippen LogP contribution >= 0.6 is 0 Å². The predicted molar refractivity (Wildman–Crippen MR) is 78.7 cm³/mol. The molecular formula is C17H25N. The lowest BCUT2D eigenvalue weighted by molar-refractivity contribution is 0.632. The maximum atomic E-state index is 3.55. The lowest BCUT2D eigenvalue weighted by Gasteiger charge is -2.13. The Morgan fingerprint density at radius 1 is 1.06 bits per heavy atom. The number of nitrogens with one attached hydrogen (secondary N) is 1. The molecule has 1 aromatic carbocycles. The predicted octanol–water partition coefficient (Wildman–Crippen LogP) is 4.23. The van der Waals surface area contributed by atoms with Crippen LogP contribution in [0.25, 0.3) is 0 Å². The van der Waals surface area contributed by atoms with Gasteiger partial charge < -0.3 is 5.32 Å². The molecule has 0 saturated heterocycles. The monoisotopic (exact) mass is 243 g/mol. The highest BCUT2D eigenvalue weighted by Crippen LogP contribution is 2.19. The second-order valence-corrected chi connectivity index (χ2v) is 5.20. The Hall–Kier alpha value is -1.08. The zero-order valence-electron chi connectivity index (χ0n) is 11.5. The van der Waals surface area contributed by atoms with Crippen molar-refractivity contribution in [2.45, 2.75) is 52.0 Å². The highest BCUT2D eigenvalue weighted by Gasteiger charge is 2.02. The highest BCUT2D eigenvalue weighted by atomic mass is 14.8. The summed E-state index contributed by atoms with van der Waals surface area (Å²) in [6.07, 6.45) is 10.2. The van der Waals surface area contributed by atoms with E-state index < -0.39 is 0 Å². The van der Waals surface area contributed by atoms with Crippen LogP contribution in [0.15, 0.2) is 35.9 Å². The number of hydrogen-bond acceptors (Lipinski definition) is 1. The van der Waals surface area contributed by atoms with Crippen molar-refractivity contribution in [2.24, 2.45) is 0 Å². The Morgan fingerprint density at radius 3 is 2.50 bits per heavy atom. The van der Waals surface area contributed by atoms with E-state index in [-0.39, 0.29) is 0 Å². The van der Waals surface area contributed by atoms with Crippen molar-refractivity contribution in [3.63, 3.8) is 0 Å². The molecule has 1 heteroatoms. The largest absolute Gasteiger partial charge is 0.312 e. The van der Waals surface area contributed by atoms with Gasteiger partial charge in [0.1, 0.15) is 0 Å². The van der Waals surface area contributed by atoms with Gasteiger partial charge in [-0.1, -0.05) is 42.8 Å². The van der Waals surface area contributed by atoms with Crippen LogP contribution < -0.4 is 5.32 Å². The van der Waals surface area contributed by atoms with Crippen LogP contribution in [0.4, 0.5) is 0 Å². The quantitative estimate of drug-likeness (QED) is 0.582. The Bertz CT molecular complexity index is 375. The van der Waals surface area contributed by atoms with E-state index in [9.17, 15) is 0 Å². The van der Waals surface area contributed by atoms with Gasteiger partial charge in [-0.2, -0.15) is 0 Å². The maximum Gasteiger partial charge on any atom is 0.0205 e. The van der Waals surface area contributed by atoms with Crippen molar-refractivity contribution >= 4 is 0 Å². The van der Waals surface area contributed by atoms with Gasteiger partial charge in [-0.3, -0.25) is 0 Å². The topological polar surface area (TPSA) is 12.0 Å². The Kier molecular flexibility index (Phi) is 5.47. The molecule has 0 saturated carbocycles. The van der Waals surface area contributed by atoms with Gasteiger partial charge in [-0.05, 0) is 56.2 Å². The molecule has 1 aromatic rings. The Balaban J connectivity index is 1.66. The molecule has 0 spiro atoms. The molecule has 1 N–H and O–H groups in total. The summed E-state index contributed by atoms with van der Waals surface area (Å²) in [4.78, 5) is 0. The number of hydrogen-bond donors (Lipinski definition) is 1. The fourth-order valence-electron chi connectivity index (χ4n) is 2.51. The molecule has 0 atom stereocenters. The van der Waals surface area contributed by atoms with Crippen molar-refractivity contribution in [3.8, 4) is 0 Å². The minimum Gasteiger partial charge on any atom is -0.312 e. The van der Waals surface area contributed by atoms with Gasteiger partial charge in [-0.25, -0.2) is 0 Å². The summed E-state index contributed by atoms with van der Waals surface area (Å²) >= 11 is 0. The summed E-state index contributed by atoms with van der Waals surface area (Å²) in [5, 5.41) is 3.55. The summed E-state index contributed by atoms with van der Waals surface area (Å²) in [5.74, 6) is 0. The first-order chi connectivity index (χ1) is 8.88. The van der Waals surface area contributed by atoms with Gasteiger partial charge in [0.05, 0.1) is 0 Å². The van der Waals surface area contributed by atoms with Crippen LogP contribution in [0.3, 0.4) is 0 Å². The summed E-state index contributed by atoms with van der Waals surface area (Å²) < 4.78 is 0. The SMILES string of the molecule is CCc1ccc(CNCCC2=CCCCC2)cc1. The summed E-state index contributed by atoms with van der Waals surface area (Å²) in [6.45, 7) is 4.31. The molecule has 0 fully saturated rings. The minimum absolute atomic E-state index is 0.997. The lowest BCUT2D eigenvalue weighted by Crippen LogP contribution is -2.15. The first-order valence-electron chi connectivity index (χ1n) is 7.35. The molecule has 0 amide bonds. The molecule has 1 aliphatic rings. The van der Waals surface area contributed by atoms with E-state index in [1.54, 1.807) is 5.57 Å². The number of aryl methyl sites for hydroxylation is 1. The van der Waals surface area contributed by atoms with Crippen LogP contribution in [-0.2, 0) is 13.0 Å². The highest BCUT2D eigenvalue weighted by molar-refractivity contribution is 5.22. The molecule has 1 nitrogen and oxygen atoms in total. The molecule has 2 rings (SSSR count). The van der Waals surface area contributed by atoms with E-state index in [0.717, 1.165) is 19.5 Å². The van der Waals surface area contributed by atoms with Crippen LogP contribution in [0, 0.1) is 0 Å². The van der Waals surface area contributed by atoms with Crippen LogP contribution in [0.1, 0.15) is 50.2 Å². The molecule has 18 heavy (non-hydrogen) atoms. The third-order valence-corrected chi connectivity index (χ3v) is 3.77. The van der Waals surface area contributed by atoms with Crippen LogP contribution in [0.2, 0.25) is 0 Å². The summed E-state index contributed by atoms with van der Waals surface area (Å²) in [5.41, 5.74) is 4.48. The smallest absolute Gasteiger partial charge is 0.0205 e. The third-order valence-electron chi connectivity index (χ3n) is 3.77. The first kappa shape index (κ1) is 13.4. The van der Waals surface area contributed by atoms with E-state index in [2.05, 4.69) is 42.6 Å². The van der Waals surface area contributed by atoms with Gasteiger partial charge >= 0.3 is 0 Å². The van der Waals surface area contributed by atoms with Crippen molar-refractivity contribution in [1.82, 2.24) is 5.32 Å². The average molecular weight is 243 g/mol. The number of benzene rings is 1. The van der Waals surface area contributed by atoms with E-state index in [4.69, 9.17) is 0 Å². The number of rotatable bonds is 6. The molecule has 1 aliphatic carbocycles. The minimum atomic E-state index is 0.997. The Morgan fingerprint density at radius 2 is 1.83 bits per heavy atom. The lowest BCUT2D eigenvalue weighted by atomic mass is 9.97. The Labute approximate surface area is 111 Å². The first-order valence-corrected chi connectivity index (χ1v) is 7.35. The van der Waals surface area contributed by atoms with Gasteiger partial charge in [0.25, 0.3) is 0 Å². The molecule has 98 valence electrons. The molecule has 0 radical (unpaired) electrons. The zero-order valence-corrected chi connectivity index (χ0v) is 11.5. The zero-order chi connectivity index (χ0) is 12.6. The van der Waals surface area contributed by atoms with Gasteiger partial charge in [0, 0.05) is 6.54 Å². The van der Waals surface area contributed by atoms with E-state index in [1.807, 2.05) is 0 Å². The van der Waals surface area contributed by atoms with Gasteiger partial charge in [-0.15, -0.1) is 0 Å². The normalized spacial score (nSPS) is 15.5. The van der Waals surface area contributed by atoms with E-state index in [0.29, 0.717) is 0 Å². The summed E-state index contributed by atoms with van der Waals surface area (Å²) in [7, 11) is 0. The van der Waals surface area contributed by atoms with Crippen LogP contribution in [0.5, 0.6) is 0 Å². The average Bonchev–Trinajstić information content (AvgIpc) is 2.45. The molecule has 0 heterocycles.